The molecule has 5 atom stereocenters. The summed E-state index contributed by atoms with van der Waals surface area (Å²) in [5.74, 6) is -2.77. The van der Waals surface area contributed by atoms with Crippen molar-refractivity contribution in [2.45, 2.75) is 51.4 Å². The Morgan fingerprint density at radius 2 is 1.72 bits per heavy atom. The molecule has 1 aliphatic rings. The van der Waals surface area contributed by atoms with Gasteiger partial charge in [-0.15, -0.1) is 0 Å². The van der Waals surface area contributed by atoms with E-state index in [1.807, 2.05) is 0 Å². The summed E-state index contributed by atoms with van der Waals surface area (Å²) in [5, 5.41) is 12.9. The quantitative estimate of drug-likeness (QED) is 0.456. The first-order valence-electron chi connectivity index (χ1n) is 8.72. The van der Waals surface area contributed by atoms with Gasteiger partial charge < -0.3 is 29.4 Å². The van der Waals surface area contributed by atoms with Gasteiger partial charge in [-0.25, -0.2) is 0 Å². The van der Waals surface area contributed by atoms with Gasteiger partial charge in [0, 0.05) is 27.0 Å². The highest BCUT2D eigenvalue weighted by Gasteiger charge is 2.50. The zero-order chi connectivity index (χ0) is 21.6. The summed E-state index contributed by atoms with van der Waals surface area (Å²) >= 11 is 0. The molecule has 1 aliphatic heterocycles. The lowest BCUT2D eigenvalue weighted by molar-refractivity contribution is -0.263. The van der Waals surface area contributed by atoms with Gasteiger partial charge in [-0.1, -0.05) is 6.07 Å². The van der Waals surface area contributed by atoms with Crippen LogP contribution in [0, 0.1) is 0 Å². The van der Waals surface area contributed by atoms with Crippen LogP contribution in [0.1, 0.15) is 31.3 Å². The Bertz CT molecular complexity index is 755. The molecule has 1 saturated heterocycles. The molecule has 0 aliphatic carbocycles. The minimum Gasteiger partial charge on any atom is -0.463 e. The lowest BCUT2D eigenvalue weighted by atomic mass is 9.96. The summed E-state index contributed by atoms with van der Waals surface area (Å²) in [5.41, 5.74) is 0.0485. The summed E-state index contributed by atoms with van der Waals surface area (Å²) < 4.78 is 20.7. The molecule has 2 heterocycles. The zero-order valence-electron chi connectivity index (χ0n) is 16.1. The highest BCUT2D eigenvalue weighted by molar-refractivity contribution is 5.92. The van der Waals surface area contributed by atoms with Crippen LogP contribution in [0.2, 0.25) is 0 Å². The second-order valence-electron chi connectivity index (χ2n) is 6.23. The van der Waals surface area contributed by atoms with E-state index < -0.39 is 54.5 Å². The molecule has 0 bridgehead atoms. The number of amides is 1. The van der Waals surface area contributed by atoms with E-state index in [1.165, 1.54) is 19.2 Å². The fourth-order valence-corrected chi connectivity index (χ4v) is 2.80. The molecule has 1 aromatic heterocycles. The second kappa shape index (κ2) is 9.94. The molecule has 0 unspecified atom stereocenters. The highest BCUT2D eigenvalue weighted by Crippen LogP contribution is 2.26. The van der Waals surface area contributed by atoms with Crippen LogP contribution in [0.4, 0.5) is 0 Å². The fraction of sp³-hybridized carbons (Fsp3) is 0.500. The van der Waals surface area contributed by atoms with Gasteiger partial charge in [0.2, 0.25) is 0 Å². The number of nitrogens with one attached hydrogen (secondary N) is 1. The van der Waals surface area contributed by atoms with Crippen LogP contribution in [0.15, 0.2) is 24.4 Å². The van der Waals surface area contributed by atoms with Crippen molar-refractivity contribution in [3.63, 3.8) is 0 Å². The van der Waals surface area contributed by atoms with Crippen molar-refractivity contribution in [1.29, 1.82) is 0 Å². The van der Waals surface area contributed by atoms with E-state index in [4.69, 9.17) is 18.9 Å². The Kier molecular flexibility index (Phi) is 7.62. The molecular formula is C18H22N2O9. The van der Waals surface area contributed by atoms with Crippen molar-refractivity contribution in [2.75, 3.05) is 6.61 Å². The number of aliphatic hydroxyl groups excluding tert-OH is 1. The van der Waals surface area contributed by atoms with Gasteiger partial charge in [0.1, 0.15) is 24.4 Å². The molecule has 11 nitrogen and oxygen atoms in total. The van der Waals surface area contributed by atoms with Gasteiger partial charge >= 0.3 is 17.9 Å². The minimum absolute atomic E-state index is 0.0485. The van der Waals surface area contributed by atoms with Crippen molar-refractivity contribution in [3.8, 4) is 0 Å². The Morgan fingerprint density at radius 1 is 1.07 bits per heavy atom. The first kappa shape index (κ1) is 22.2. The number of nitrogens with zero attached hydrogens (tertiary/aromatic N) is 1. The first-order chi connectivity index (χ1) is 13.7. The zero-order valence-corrected chi connectivity index (χ0v) is 16.1. The smallest absolute Gasteiger partial charge is 0.303 e. The molecule has 2 N–H and O–H groups in total. The average Bonchev–Trinajstić information content (AvgIpc) is 2.65. The standard InChI is InChI=1S/C18H22N2O9/c1-9(21)26-8-13-15(27-10(2)22)16(28-11(3)23)14(18(25)29-13)20-17(24)12-6-4-5-7-19-12/h4-7,13-16,18,25H,8H2,1-3H3,(H,20,24)/t13-,14+,15+,16+,18-/m0/s1. The molecule has 2 rings (SSSR count). The van der Waals surface area contributed by atoms with Gasteiger partial charge in [-0.3, -0.25) is 24.2 Å². The van der Waals surface area contributed by atoms with E-state index in [9.17, 15) is 24.3 Å². The fourth-order valence-electron chi connectivity index (χ4n) is 2.80. The molecule has 0 aromatic carbocycles. The van der Waals surface area contributed by atoms with Crippen molar-refractivity contribution in [2.24, 2.45) is 0 Å². The summed E-state index contributed by atoms with van der Waals surface area (Å²) in [6, 6.07) is 3.37. The van der Waals surface area contributed by atoms with Crippen molar-refractivity contribution in [1.82, 2.24) is 10.3 Å². The number of carbonyl (C=O) groups excluding carboxylic acids is 4. The maximum atomic E-state index is 12.5. The van der Waals surface area contributed by atoms with Crippen LogP contribution in [-0.2, 0) is 33.3 Å². The van der Waals surface area contributed by atoms with Crippen molar-refractivity contribution in [3.05, 3.63) is 30.1 Å². The molecule has 29 heavy (non-hydrogen) atoms. The maximum Gasteiger partial charge on any atom is 0.303 e. The van der Waals surface area contributed by atoms with E-state index in [-0.39, 0.29) is 12.3 Å². The largest absolute Gasteiger partial charge is 0.463 e. The van der Waals surface area contributed by atoms with Crippen LogP contribution in [0.5, 0.6) is 0 Å². The summed E-state index contributed by atoms with van der Waals surface area (Å²) in [6.45, 7) is 3.04. The monoisotopic (exact) mass is 410 g/mol. The third-order valence-electron chi connectivity index (χ3n) is 3.92. The predicted molar refractivity (Wildman–Crippen MR) is 94.1 cm³/mol. The van der Waals surface area contributed by atoms with E-state index in [1.54, 1.807) is 12.1 Å². The number of hydrogen-bond donors (Lipinski definition) is 2. The molecular weight excluding hydrogens is 388 g/mol. The predicted octanol–water partition coefficient (Wildman–Crippen LogP) is -0.676. The van der Waals surface area contributed by atoms with E-state index in [0.29, 0.717) is 0 Å². The molecule has 1 aromatic rings. The average molecular weight is 410 g/mol. The van der Waals surface area contributed by atoms with Crippen LogP contribution in [-0.4, -0.2) is 71.2 Å². The summed E-state index contributed by atoms with van der Waals surface area (Å²) in [7, 11) is 0. The van der Waals surface area contributed by atoms with Gasteiger partial charge in [-0.05, 0) is 12.1 Å². The van der Waals surface area contributed by atoms with Crippen LogP contribution in [0.25, 0.3) is 0 Å². The van der Waals surface area contributed by atoms with E-state index in [0.717, 1.165) is 13.8 Å². The molecule has 1 fully saturated rings. The topological polar surface area (TPSA) is 150 Å². The lowest BCUT2D eigenvalue weighted by Gasteiger charge is -2.43. The molecule has 158 valence electrons. The molecule has 1 amide bonds. The van der Waals surface area contributed by atoms with Crippen molar-refractivity contribution >= 4 is 23.8 Å². The SMILES string of the molecule is CC(=O)OC[C@@H]1O[C@H](O)[C@H](NC(=O)c2ccccn2)[C@@H](OC(C)=O)[C@@H]1OC(C)=O. The third-order valence-corrected chi connectivity index (χ3v) is 3.92. The summed E-state index contributed by atoms with van der Waals surface area (Å²) in [4.78, 5) is 50.7. The van der Waals surface area contributed by atoms with Gasteiger partial charge in [0.15, 0.2) is 18.5 Å². The molecule has 0 radical (unpaired) electrons. The number of ether oxygens (including phenoxy) is 4. The number of aliphatic hydroxyl groups is 1. The van der Waals surface area contributed by atoms with E-state index >= 15 is 0 Å². The van der Waals surface area contributed by atoms with Crippen molar-refractivity contribution < 1.29 is 43.2 Å². The van der Waals surface area contributed by atoms with Gasteiger partial charge in [-0.2, -0.15) is 0 Å². The lowest BCUT2D eigenvalue weighted by Crippen LogP contribution is -2.66. The Balaban J connectivity index is 2.30. The minimum atomic E-state index is -1.65. The van der Waals surface area contributed by atoms with Crippen LogP contribution >= 0.6 is 0 Å². The Morgan fingerprint density at radius 3 is 2.28 bits per heavy atom. The van der Waals surface area contributed by atoms with E-state index in [2.05, 4.69) is 10.3 Å². The Labute approximate surface area is 166 Å². The number of carbonyl (C=O) groups is 4. The normalized spacial score (nSPS) is 26.1. The number of rotatable bonds is 6. The molecule has 11 heteroatoms. The third kappa shape index (κ3) is 6.22. The molecule has 0 saturated carbocycles. The van der Waals surface area contributed by atoms with Crippen LogP contribution < -0.4 is 5.32 Å². The maximum absolute atomic E-state index is 12.5. The number of esters is 3. The highest BCUT2D eigenvalue weighted by atomic mass is 16.7. The van der Waals surface area contributed by atoms with Crippen LogP contribution in [0.3, 0.4) is 0 Å². The first-order valence-corrected chi connectivity index (χ1v) is 8.72. The Hall–Kier alpha value is -3.05. The number of aromatic nitrogens is 1. The molecule has 0 spiro atoms. The number of hydrogen-bond acceptors (Lipinski definition) is 10. The van der Waals surface area contributed by atoms with Gasteiger partial charge in [0.25, 0.3) is 5.91 Å². The number of pyridine rings is 1. The summed E-state index contributed by atoms with van der Waals surface area (Å²) in [6.07, 6.45) is -3.95. The second-order valence-corrected chi connectivity index (χ2v) is 6.23. The van der Waals surface area contributed by atoms with Gasteiger partial charge in [0.05, 0.1) is 0 Å².